The van der Waals surface area contributed by atoms with Crippen LogP contribution in [0.15, 0.2) is 59.4 Å². The van der Waals surface area contributed by atoms with Crippen LogP contribution in [0.5, 0.6) is 5.75 Å². The van der Waals surface area contributed by atoms with Gasteiger partial charge < -0.3 is 25.5 Å². The Morgan fingerprint density at radius 2 is 1.72 bits per heavy atom. The molecule has 2 aromatic carbocycles. The molecule has 2 amide bonds. The van der Waals surface area contributed by atoms with Crippen LogP contribution >= 0.6 is 0 Å². The molecule has 10 heteroatoms. The van der Waals surface area contributed by atoms with E-state index in [1.165, 1.54) is 24.3 Å². The first kappa shape index (κ1) is 24.9. The number of hydrogen-bond acceptors (Lipinski definition) is 6. The number of nitrogens with one attached hydrogen (secondary N) is 3. The number of aromatic nitrogens is 2. The minimum Gasteiger partial charge on any atom is -0.501 e. The van der Waals surface area contributed by atoms with Crippen molar-refractivity contribution >= 4 is 12.0 Å². The SMILES string of the molecule is O=C(NC1(c2nc(C(=O)NCc3ccc(F)cc3)c(O)c(=O)[nH]2)CCCCC1)OCc1ccccc1. The van der Waals surface area contributed by atoms with Crippen LogP contribution in [0.1, 0.15) is 59.5 Å². The van der Waals surface area contributed by atoms with Crippen molar-refractivity contribution in [1.29, 1.82) is 0 Å². The van der Waals surface area contributed by atoms with E-state index in [-0.39, 0.29) is 19.0 Å². The summed E-state index contributed by atoms with van der Waals surface area (Å²) in [5, 5.41) is 15.7. The summed E-state index contributed by atoms with van der Waals surface area (Å²) in [5.41, 5.74) is -0.968. The van der Waals surface area contributed by atoms with Gasteiger partial charge in [-0.1, -0.05) is 61.7 Å². The highest BCUT2D eigenvalue weighted by atomic mass is 19.1. The quantitative estimate of drug-likeness (QED) is 0.396. The van der Waals surface area contributed by atoms with Gasteiger partial charge in [0, 0.05) is 6.54 Å². The van der Waals surface area contributed by atoms with Crippen molar-refractivity contribution in [3.8, 4) is 5.75 Å². The Balaban J connectivity index is 1.54. The number of halogens is 1. The molecular formula is C26H27FN4O5. The third-order valence-corrected chi connectivity index (χ3v) is 6.19. The maximum absolute atomic E-state index is 13.1. The Labute approximate surface area is 206 Å². The molecule has 0 aliphatic heterocycles. The van der Waals surface area contributed by atoms with E-state index in [9.17, 15) is 23.9 Å². The van der Waals surface area contributed by atoms with Crippen molar-refractivity contribution in [2.45, 2.75) is 50.8 Å². The molecular weight excluding hydrogens is 467 g/mol. The fourth-order valence-electron chi connectivity index (χ4n) is 4.25. The summed E-state index contributed by atoms with van der Waals surface area (Å²) < 4.78 is 18.5. The Hall–Kier alpha value is -4.21. The number of alkyl carbamates (subject to hydrolysis) is 1. The molecule has 0 spiro atoms. The monoisotopic (exact) mass is 494 g/mol. The molecule has 1 heterocycles. The smallest absolute Gasteiger partial charge is 0.408 e. The molecule has 0 unspecified atom stereocenters. The molecule has 4 N–H and O–H groups in total. The second-order valence-corrected chi connectivity index (χ2v) is 8.75. The van der Waals surface area contributed by atoms with Gasteiger partial charge in [0.1, 0.15) is 23.8 Å². The number of ether oxygens (including phenoxy) is 1. The van der Waals surface area contributed by atoms with E-state index in [2.05, 4.69) is 20.6 Å². The lowest BCUT2D eigenvalue weighted by Gasteiger charge is -2.36. The fraction of sp³-hybridized carbons (Fsp3) is 0.308. The number of carbonyl (C=O) groups is 2. The van der Waals surface area contributed by atoms with Crippen LogP contribution in [0.2, 0.25) is 0 Å². The molecule has 36 heavy (non-hydrogen) atoms. The van der Waals surface area contributed by atoms with E-state index < -0.39 is 40.4 Å². The maximum Gasteiger partial charge on any atom is 0.408 e. The van der Waals surface area contributed by atoms with Gasteiger partial charge in [0.15, 0.2) is 5.69 Å². The summed E-state index contributed by atoms with van der Waals surface area (Å²) in [7, 11) is 0. The lowest BCUT2D eigenvalue weighted by atomic mass is 9.81. The molecule has 0 bridgehead atoms. The molecule has 0 atom stereocenters. The first-order valence-corrected chi connectivity index (χ1v) is 11.7. The van der Waals surface area contributed by atoms with E-state index in [4.69, 9.17) is 4.74 Å². The Morgan fingerprint density at radius 3 is 2.42 bits per heavy atom. The van der Waals surface area contributed by atoms with E-state index in [0.29, 0.717) is 18.4 Å². The summed E-state index contributed by atoms with van der Waals surface area (Å²) in [6, 6.07) is 14.7. The highest BCUT2D eigenvalue weighted by Crippen LogP contribution is 2.35. The van der Waals surface area contributed by atoms with Gasteiger partial charge in [0.25, 0.3) is 11.5 Å². The maximum atomic E-state index is 13.1. The van der Waals surface area contributed by atoms with Gasteiger partial charge in [-0.05, 0) is 36.1 Å². The lowest BCUT2D eigenvalue weighted by molar-refractivity contribution is 0.0940. The zero-order valence-corrected chi connectivity index (χ0v) is 19.6. The van der Waals surface area contributed by atoms with Crippen molar-refractivity contribution in [3.05, 3.63) is 93.4 Å². The number of carbonyl (C=O) groups excluding carboxylic acids is 2. The summed E-state index contributed by atoms with van der Waals surface area (Å²) in [6.45, 7) is 0.108. The first-order chi connectivity index (χ1) is 17.4. The average molecular weight is 495 g/mol. The molecule has 1 fully saturated rings. The second-order valence-electron chi connectivity index (χ2n) is 8.75. The predicted octanol–water partition coefficient (Wildman–Crippen LogP) is 3.63. The second kappa shape index (κ2) is 11.0. The van der Waals surface area contributed by atoms with Crippen molar-refractivity contribution in [2.24, 2.45) is 0 Å². The highest BCUT2D eigenvalue weighted by molar-refractivity contribution is 5.94. The van der Waals surface area contributed by atoms with Gasteiger partial charge in [-0.25, -0.2) is 14.2 Å². The van der Waals surface area contributed by atoms with Crippen LogP contribution in [0.3, 0.4) is 0 Å². The molecule has 1 saturated carbocycles. The molecule has 1 aromatic heterocycles. The van der Waals surface area contributed by atoms with E-state index >= 15 is 0 Å². The van der Waals surface area contributed by atoms with Crippen molar-refractivity contribution in [2.75, 3.05) is 0 Å². The van der Waals surface area contributed by atoms with Crippen molar-refractivity contribution in [3.63, 3.8) is 0 Å². The number of rotatable bonds is 7. The lowest BCUT2D eigenvalue weighted by Crippen LogP contribution is -2.49. The molecule has 1 aliphatic carbocycles. The third kappa shape index (κ3) is 5.88. The molecule has 3 aromatic rings. The minimum absolute atomic E-state index is 0.0393. The van der Waals surface area contributed by atoms with Crippen LogP contribution < -0.4 is 16.2 Å². The van der Waals surface area contributed by atoms with Gasteiger partial charge in [-0.15, -0.1) is 0 Å². The highest BCUT2D eigenvalue weighted by Gasteiger charge is 2.39. The standard InChI is InChI=1S/C26H27FN4O5/c27-19-11-9-17(10-12-19)15-28-22(33)20-21(32)23(34)30-24(29-20)26(13-5-2-6-14-26)31-25(35)36-16-18-7-3-1-4-8-18/h1,3-4,7-12,32H,2,5-6,13-16H2,(H,28,33)(H,31,35)(H,29,30,34). The molecule has 0 radical (unpaired) electrons. The van der Waals surface area contributed by atoms with Gasteiger partial charge in [0.2, 0.25) is 5.75 Å². The number of aromatic amines is 1. The van der Waals surface area contributed by atoms with E-state index in [1.807, 2.05) is 30.3 Å². The predicted molar refractivity (Wildman–Crippen MR) is 129 cm³/mol. The topological polar surface area (TPSA) is 133 Å². The van der Waals surface area contributed by atoms with Gasteiger partial charge in [0.05, 0.1) is 0 Å². The normalized spacial score (nSPS) is 14.6. The van der Waals surface area contributed by atoms with Crippen molar-refractivity contribution in [1.82, 2.24) is 20.6 Å². The molecule has 0 saturated heterocycles. The zero-order chi connectivity index (χ0) is 25.5. The Kier molecular flexibility index (Phi) is 7.62. The van der Waals surface area contributed by atoms with Gasteiger partial charge in [-0.3, -0.25) is 9.59 Å². The number of hydrogen-bond donors (Lipinski definition) is 4. The Bertz CT molecular complexity index is 1270. The minimum atomic E-state index is -1.06. The molecule has 9 nitrogen and oxygen atoms in total. The number of nitrogens with zero attached hydrogens (tertiary/aromatic N) is 1. The van der Waals surface area contributed by atoms with Crippen LogP contribution in [0, 0.1) is 5.82 Å². The number of H-pyrrole nitrogens is 1. The Morgan fingerprint density at radius 1 is 1.03 bits per heavy atom. The number of benzene rings is 2. The first-order valence-electron chi connectivity index (χ1n) is 11.7. The number of aromatic hydroxyl groups is 1. The zero-order valence-electron chi connectivity index (χ0n) is 19.6. The summed E-state index contributed by atoms with van der Waals surface area (Å²) in [5.74, 6) is -1.93. The van der Waals surface area contributed by atoms with Crippen LogP contribution in [-0.4, -0.2) is 27.1 Å². The fourth-order valence-corrected chi connectivity index (χ4v) is 4.25. The largest absolute Gasteiger partial charge is 0.501 e. The third-order valence-electron chi connectivity index (χ3n) is 6.19. The summed E-state index contributed by atoms with van der Waals surface area (Å²) in [6.07, 6.45) is 2.72. The van der Waals surface area contributed by atoms with Gasteiger partial charge >= 0.3 is 6.09 Å². The van der Waals surface area contributed by atoms with E-state index in [0.717, 1.165) is 24.8 Å². The van der Waals surface area contributed by atoms with Crippen LogP contribution in [-0.2, 0) is 23.4 Å². The summed E-state index contributed by atoms with van der Waals surface area (Å²) in [4.78, 5) is 44.9. The van der Waals surface area contributed by atoms with Crippen LogP contribution in [0.25, 0.3) is 0 Å². The average Bonchev–Trinajstić information content (AvgIpc) is 2.89. The molecule has 1 aliphatic rings. The van der Waals surface area contributed by atoms with Crippen molar-refractivity contribution < 1.29 is 23.8 Å². The van der Waals surface area contributed by atoms with Crippen LogP contribution in [0.4, 0.5) is 9.18 Å². The number of amides is 2. The molecule has 188 valence electrons. The summed E-state index contributed by atoms with van der Waals surface area (Å²) >= 11 is 0. The van der Waals surface area contributed by atoms with Gasteiger partial charge in [-0.2, -0.15) is 0 Å². The molecule has 4 rings (SSSR count). The van der Waals surface area contributed by atoms with E-state index in [1.54, 1.807) is 0 Å².